The van der Waals surface area contributed by atoms with Crippen molar-refractivity contribution in [3.05, 3.63) is 0 Å². The molecule has 1 heterocycles. The first kappa shape index (κ1) is 10.5. The van der Waals surface area contributed by atoms with Gasteiger partial charge in [-0.25, -0.2) is 0 Å². The maximum absolute atomic E-state index is 8.72. The monoisotopic (exact) mass is 181 g/mol. The second kappa shape index (κ2) is 5.21. The van der Waals surface area contributed by atoms with Crippen molar-refractivity contribution in [1.29, 1.82) is 5.26 Å². The van der Waals surface area contributed by atoms with Crippen molar-refractivity contribution in [1.82, 2.24) is 10.2 Å². The SMILES string of the molecule is CNCC1CCCN1CC(C)C#N. The lowest BCUT2D eigenvalue weighted by molar-refractivity contribution is 0.234. The van der Waals surface area contributed by atoms with Crippen molar-refractivity contribution in [2.75, 3.05) is 26.7 Å². The minimum Gasteiger partial charge on any atom is -0.318 e. The Labute approximate surface area is 80.7 Å². The van der Waals surface area contributed by atoms with Crippen LogP contribution in [0.5, 0.6) is 0 Å². The molecule has 1 fully saturated rings. The van der Waals surface area contributed by atoms with Crippen LogP contribution in [0.3, 0.4) is 0 Å². The topological polar surface area (TPSA) is 39.1 Å². The Morgan fingerprint density at radius 3 is 3.08 bits per heavy atom. The quantitative estimate of drug-likeness (QED) is 0.698. The molecule has 1 rings (SSSR count). The molecule has 13 heavy (non-hydrogen) atoms. The average molecular weight is 181 g/mol. The third-order valence-corrected chi connectivity index (χ3v) is 2.67. The zero-order valence-electron chi connectivity index (χ0n) is 8.58. The van der Waals surface area contributed by atoms with Gasteiger partial charge in [0.1, 0.15) is 0 Å². The van der Waals surface area contributed by atoms with E-state index < -0.39 is 0 Å². The molecular formula is C10H19N3. The second-order valence-electron chi connectivity index (χ2n) is 3.88. The van der Waals surface area contributed by atoms with Crippen LogP contribution in [0.4, 0.5) is 0 Å². The first-order valence-corrected chi connectivity index (χ1v) is 5.06. The van der Waals surface area contributed by atoms with Crippen LogP contribution in [-0.2, 0) is 0 Å². The summed E-state index contributed by atoms with van der Waals surface area (Å²) in [6.45, 7) is 5.15. The van der Waals surface area contributed by atoms with E-state index in [0.29, 0.717) is 6.04 Å². The van der Waals surface area contributed by atoms with Gasteiger partial charge in [0.2, 0.25) is 0 Å². The lowest BCUT2D eigenvalue weighted by Crippen LogP contribution is -2.38. The molecule has 1 aliphatic heterocycles. The molecule has 0 aromatic rings. The van der Waals surface area contributed by atoms with E-state index in [4.69, 9.17) is 5.26 Å². The van der Waals surface area contributed by atoms with Gasteiger partial charge in [-0.3, -0.25) is 4.90 Å². The summed E-state index contributed by atoms with van der Waals surface area (Å²) < 4.78 is 0. The molecule has 0 bridgehead atoms. The molecule has 74 valence electrons. The Morgan fingerprint density at radius 2 is 2.46 bits per heavy atom. The molecule has 0 saturated carbocycles. The van der Waals surface area contributed by atoms with Crippen LogP contribution >= 0.6 is 0 Å². The van der Waals surface area contributed by atoms with Crippen molar-refractivity contribution in [3.63, 3.8) is 0 Å². The smallest absolute Gasteiger partial charge is 0.0666 e. The lowest BCUT2D eigenvalue weighted by atomic mass is 10.1. The van der Waals surface area contributed by atoms with Gasteiger partial charge in [-0.1, -0.05) is 0 Å². The van der Waals surface area contributed by atoms with Crippen LogP contribution in [0.25, 0.3) is 0 Å². The first-order chi connectivity index (χ1) is 6.27. The van der Waals surface area contributed by atoms with Crippen LogP contribution in [-0.4, -0.2) is 37.6 Å². The van der Waals surface area contributed by atoms with E-state index in [1.807, 2.05) is 14.0 Å². The number of hydrogen-bond donors (Lipinski definition) is 1. The van der Waals surface area contributed by atoms with Crippen molar-refractivity contribution < 1.29 is 0 Å². The van der Waals surface area contributed by atoms with E-state index in [9.17, 15) is 0 Å². The largest absolute Gasteiger partial charge is 0.318 e. The number of likely N-dealkylation sites (N-methyl/N-ethyl adjacent to an activating group) is 1. The normalized spacial score (nSPS) is 25.8. The Kier molecular flexibility index (Phi) is 4.20. The zero-order valence-corrected chi connectivity index (χ0v) is 8.58. The summed E-state index contributed by atoms with van der Waals surface area (Å²) in [7, 11) is 1.99. The number of nitrogens with one attached hydrogen (secondary N) is 1. The summed E-state index contributed by atoms with van der Waals surface area (Å²) in [5, 5.41) is 11.9. The van der Waals surface area contributed by atoms with E-state index >= 15 is 0 Å². The molecule has 0 aliphatic carbocycles. The average Bonchev–Trinajstić information content (AvgIpc) is 2.54. The highest BCUT2D eigenvalue weighted by Gasteiger charge is 2.24. The van der Waals surface area contributed by atoms with Crippen LogP contribution in [0.1, 0.15) is 19.8 Å². The van der Waals surface area contributed by atoms with Crippen LogP contribution in [0.15, 0.2) is 0 Å². The zero-order chi connectivity index (χ0) is 9.68. The van der Waals surface area contributed by atoms with Crippen molar-refractivity contribution in [2.24, 2.45) is 5.92 Å². The van der Waals surface area contributed by atoms with Gasteiger partial charge in [-0.05, 0) is 33.4 Å². The molecule has 3 nitrogen and oxygen atoms in total. The van der Waals surface area contributed by atoms with Gasteiger partial charge < -0.3 is 5.32 Å². The van der Waals surface area contributed by atoms with Gasteiger partial charge in [-0.2, -0.15) is 5.26 Å². The fraction of sp³-hybridized carbons (Fsp3) is 0.900. The maximum atomic E-state index is 8.72. The highest BCUT2D eigenvalue weighted by molar-refractivity contribution is 4.87. The van der Waals surface area contributed by atoms with E-state index in [-0.39, 0.29) is 5.92 Å². The number of likely N-dealkylation sites (tertiary alicyclic amines) is 1. The molecule has 3 heteroatoms. The van der Waals surface area contributed by atoms with Gasteiger partial charge in [0, 0.05) is 19.1 Å². The van der Waals surface area contributed by atoms with Crippen molar-refractivity contribution in [2.45, 2.75) is 25.8 Å². The fourth-order valence-corrected chi connectivity index (χ4v) is 1.99. The molecule has 0 aromatic heterocycles. The molecule has 0 spiro atoms. The standard InChI is InChI=1S/C10H19N3/c1-9(6-11)8-13-5-3-4-10(13)7-12-2/h9-10,12H,3-5,7-8H2,1-2H3. The summed E-state index contributed by atoms with van der Waals surface area (Å²) in [5.41, 5.74) is 0. The predicted molar refractivity (Wildman–Crippen MR) is 53.3 cm³/mol. The van der Waals surface area contributed by atoms with E-state index in [1.165, 1.54) is 19.4 Å². The minimum atomic E-state index is 0.164. The van der Waals surface area contributed by atoms with Crippen molar-refractivity contribution >= 4 is 0 Å². The Hall–Kier alpha value is -0.590. The van der Waals surface area contributed by atoms with Crippen molar-refractivity contribution in [3.8, 4) is 6.07 Å². The molecule has 1 saturated heterocycles. The van der Waals surface area contributed by atoms with Gasteiger partial charge in [0.05, 0.1) is 12.0 Å². The third-order valence-electron chi connectivity index (χ3n) is 2.67. The summed E-state index contributed by atoms with van der Waals surface area (Å²) in [5.74, 6) is 0.164. The molecule has 1 aliphatic rings. The first-order valence-electron chi connectivity index (χ1n) is 5.06. The summed E-state index contributed by atoms with van der Waals surface area (Å²) >= 11 is 0. The second-order valence-corrected chi connectivity index (χ2v) is 3.88. The molecule has 1 N–H and O–H groups in total. The Balaban J connectivity index is 2.35. The third kappa shape index (κ3) is 2.98. The Morgan fingerprint density at radius 1 is 1.69 bits per heavy atom. The molecule has 0 amide bonds. The minimum absolute atomic E-state index is 0.164. The summed E-state index contributed by atoms with van der Waals surface area (Å²) in [4.78, 5) is 2.43. The van der Waals surface area contributed by atoms with Gasteiger partial charge in [-0.15, -0.1) is 0 Å². The lowest BCUT2D eigenvalue weighted by Gasteiger charge is -2.24. The van der Waals surface area contributed by atoms with Crippen LogP contribution in [0, 0.1) is 17.2 Å². The van der Waals surface area contributed by atoms with Gasteiger partial charge >= 0.3 is 0 Å². The molecule has 0 radical (unpaired) electrons. The van der Waals surface area contributed by atoms with Gasteiger partial charge in [0.15, 0.2) is 0 Å². The summed E-state index contributed by atoms with van der Waals surface area (Å²) in [6, 6.07) is 2.95. The van der Waals surface area contributed by atoms with E-state index in [0.717, 1.165) is 13.1 Å². The molecular weight excluding hydrogens is 162 g/mol. The van der Waals surface area contributed by atoms with Gasteiger partial charge in [0.25, 0.3) is 0 Å². The molecule has 2 atom stereocenters. The molecule has 0 aromatic carbocycles. The number of nitriles is 1. The maximum Gasteiger partial charge on any atom is 0.0666 e. The fourth-order valence-electron chi connectivity index (χ4n) is 1.99. The number of hydrogen-bond acceptors (Lipinski definition) is 3. The van der Waals surface area contributed by atoms with Crippen LogP contribution < -0.4 is 5.32 Å². The highest BCUT2D eigenvalue weighted by Crippen LogP contribution is 2.17. The Bertz CT molecular complexity index is 185. The van der Waals surface area contributed by atoms with Crippen LogP contribution in [0.2, 0.25) is 0 Å². The van der Waals surface area contributed by atoms with E-state index in [2.05, 4.69) is 16.3 Å². The predicted octanol–water partition coefficient (Wildman–Crippen LogP) is 0.830. The highest BCUT2D eigenvalue weighted by atomic mass is 15.2. The van der Waals surface area contributed by atoms with E-state index in [1.54, 1.807) is 0 Å². The summed E-state index contributed by atoms with van der Waals surface area (Å²) in [6.07, 6.45) is 2.56. The molecule has 2 unspecified atom stereocenters. The number of nitrogens with zero attached hydrogens (tertiary/aromatic N) is 2. The number of rotatable bonds is 4.